The molecular formula is C33H33F2N5O5S. The van der Waals surface area contributed by atoms with Crippen molar-refractivity contribution in [2.45, 2.75) is 26.4 Å². The molecule has 240 valence electrons. The number of aromatic nitrogens is 4. The summed E-state index contributed by atoms with van der Waals surface area (Å²) in [6, 6.07) is 14.0. The first kappa shape index (κ1) is 32.9. The van der Waals surface area contributed by atoms with Gasteiger partial charge in [0.2, 0.25) is 0 Å². The molecule has 0 spiro atoms. The first-order valence-corrected chi connectivity index (χ1v) is 15.3. The third-order valence-electron chi connectivity index (χ3n) is 7.49. The first-order valence-electron chi connectivity index (χ1n) is 14.4. The summed E-state index contributed by atoms with van der Waals surface area (Å²) in [4.78, 5) is 43.5. The van der Waals surface area contributed by atoms with Crippen LogP contribution in [0.3, 0.4) is 0 Å². The highest BCUT2D eigenvalue weighted by molar-refractivity contribution is 7.22. The van der Waals surface area contributed by atoms with Crippen molar-refractivity contribution in [3.05, 3.63) is 109 Å². The van der Waals surface area contributed by atoms with Gasteiger partial charge in [-0.2, -0.15) is 5.10 Å². The number of carbonyl (C=O) groups excluding carboxylic acids is 1. The largest absolute Gasteiger partial charge is 0.383 e. The summed E-state index contributed by atoms with van der Waals surface area (Å²) in [6.07, 6.45) is 0.198. The maximum absolute atomic E-state index is 14.9. The number of halogens is 2. The summed E-state index contributed by atoms with van der Waals surface area (Å²) in [5.41, 5.74) is 1.00. The number of thiophene rings is 1. The quantitative estimate of drug-likeness (QED) is 0.187. The van der Waals surface area contributed by atoms with E-state index in [2.05, 4.69) is 10.2 Å². The summed E-state index contributed by atoms with van der Waals surface area (Å²) >= 11 is 1.19. The van der Waals surface area contributed by atoms with Crippen molar-refractivity contribution >= 4 is 27.3 Å². The topological polar surface area (TPSA) is 109 Å². The van der Waals surface area contributed by atoms with Crippen molar-refractivity contribution in [1.82, 2.24) is 24.2 Å². The summed E-state index contributed by atoms with van der Waals surface area (Å²) in [7, 11) is 4.94. The minimum Gasteiger partial charge on any atom is -0.383 e. The van der Waals surface area contributed by atoms with Crippen LogP contribution in [0.4, 0.5) is 8.78 Å². The van der Waals surface area contributed by atoms with Gasteiger partial charge in [0.05, 0.1) is 24.2 Å². The van der Waals surface area contributed by atoms with Gasteiger partial charge in [0.25, 0.3) is 5.56 Å². The van der Waals surface area contributed by atoms with E-state index < -0.39 is 29.4 Å². The van der Waals surface area contributed by atoms with E-state index in [1.165, 1.54) is 35.1 Å². The highest BCUT2D eigenvalue weighted by atomic mass is 32.1. The Bertz CT molecular complexity index is 1970. The second kappa shape index (κ2) is 14.3. The SMILES string of the molecule is COCCN(C)Cc1c(-c2ccc(CC(=O)COC)cc2)sc2c1c(=O)n(-c1ccc(C)nn1)c(=O)n2Cc1c(F)cccc1F. The zero-order chi connectivity index (χ0) is 33.0. The number of hydrogen-bond acceptors (Lipinski definition) is 9. The molecule has 0 radical (unpaired) electrons. The number of aryl methyl sites for hydroxylation is 1. The van der Waals surface area contributed by atoms with Crippen LogP contribution < -0.4 is 11.2 Å². The fraction of sp³-hybridized carbons (Fsp3) is 0.303. The molecule has 0 aliphatic carbocycles. The third kappa shape index (κ3) is 6.87. The molecule has 0 atom stereocenters. The Labute approximate surface area is 267 Å². The molecule has 0 saturated carbocycles. The second-order valence-electron chi connectivity index (χ2n) is 10.9. The van der Waals surface area contributed by atoms with E-state index in [1.807, 2.05) is 36.2 Å². The van der Waals surface area contributed by atoms with Gasteiger partial charge in [-0.15, -0.1) is 16.4 Å². The number of carbonyl (C=O) groups is 1. The zero-order valence-electron chi connectivity index (χ0n) is 25.9. The lowest BCUT2D eigenvalue weighted by molar-refractivity contribution is -0.121. The van der Waals surface area contributed by atoms with Crippen LogP contribution in [0.2, 0.25) is 0 Å². The van der Waals surface area contributed by atoms with E-state index in [0.717, 1.165) is 27.8 Å². The molecule has 2 aromatic carbocycles. The van der Waals surface area contributed by atoms with E-state index in [1.54, 1.807) is 20.1 Å². The van der Waals surface area contributed by atoms with Crippen LogP contribution in [0.5, 0.6) is 0 Å². The first-order chi connectivity index (χ1) is 22.1. The molecule has 13 heteroatoms. The van der Waals surface area contributed by atoms with Gasteiger partial charge in [-0.25, -0.2) is 18.1 Å². The normalized spacial score (nSPS) is 11.5. The number of rotatable bonds is 13. The average molecular weight is 650 g/mol. The van der Waals surface area contributed by atoms with Crippen molar-refractivity contribution in [3.63, 3.8) is 0 Å². The van der Waals surface area contributed by atoms with E-state index in [4.69, 9.17) is 9.47 Å². The Morgan fingerprint density at radius 1 is 0.957 bits per heavy atom. The molecule has 10 nitrogen and oxygen atoms in total. The summed E-state index contributed by atoms with van der Waals surface area (Å²) in [5, 5.41) is 8.35. The van der Waals surface area contributed by atoms with Crippen LogP contribution in [0.25, 0.3) is 26.5 Å². The fourth-order valence-electron chi connectivity index (χ4n) is 5.16. The fourth-order valence-corrected chi connectivity index (χ4v) is 6.46. The van der Waals surface area contributed by atoms with Crippen molar-refractivity contribution < 1.29 is 23.0 Å². The zero-order valence-corrected chi connectivity index (χ0v) is 26.7. The second-order valence-corrected chi connectivity index (χ2v) is 11.9. The number of benzene rings is 2. The van der Waals surface area contributed by atoms with Crippen LogP contribution in [0, 0.1) is 18.6 Å². The molecule has 0 aliphatic rings. The van der Waals surface area contributed by atoms with Gasteiger partial charge in [0.1, 0.15) is 23.1 Å². The predicted molar refractivity (Wildman–Crippen MR) is 172 cm³/mol. The monoisotopic (exact) mass is 649 g/mol. The van der Waals surface area contributed by atoms with Gasteiger partial charge < -0.3 is 9.47 Å². The molecule has 0 amide bonds. The molecule has 0 bridgehead atoms. The van der Waals surface area contributed by atoms with Crippen molar-refractivity contribution in [2.75, 3.05) is 41.0 Å². The lowest BCUT2D eigenvalue weighted by atomic mass is 10.0. The van der Waals surface area contributed by atoms with E-state index in [0.29, 0.717) is 35.8 Å². The Morgan fingerprint density at radius 3 is 2.30 bits per heavy atom. The Hall–Kier alpha value is -4.43. The van der Waals surface area contributed by atoms with Crippen LogP contribution in [0.1, 0.15) is 22.4 Å². The molecule has 3 aromatic heterocycles. The lowest BCUT2D eigenvalue weighted by Gasteiger charge is -2.17. The third-order valence-corrected chi connectivity index (χ3v) is 8.80. The summed E-state index contributed by atoms with van der Waals surface area (Å²) < 4.78 is 42.2. The van der Waals surface area contributed by atoms with E-state index in [9.17, 15) is 23.2 Å². The number of nitrogens with zero attached hydrogens (tertiary/aromatic N) is 5. The van der Waals surface area contributed by atoms with Crippen molar-refractivity contribution in [3.8, 4) is 16.3 Å². The van der Waals surface area contributed by atoms with Gasteiger partial charge in [-0.05, 0) is 54.9 Å². The maximum atomic E-state index is 14.9. The maximum Gasteiger partial charge on any atom is 0.338 e. The number of methoxy groups -OCH3 is 2. The number of fused-ring (bicyclic) bond motifs is 1. The van der Waals surface area contributed by atoms with Crippen LogP contribution >= 0.6 is 11.3 Å². The van der Waals surface area contributed by atoms with Crippen molar-refractivity contribution in [1.29, 1.82) is 0 Å². The van der Waals surface area contributed by atoms with Crippen LogP contribution in [-0.2, 0) is 33.8 Å². The minimum absolute atomic E-state index is 0.00773. The molecule has 0 aliphatic heterocycles. The molecule has 5 rings (SSSR count). The molecule has 0 saturated heterocycles. The Morgan fingerprint density at radius 2 is 1.67 bits per heavy atom. The Balaban J connectivity index is 1.79. The minimum atomic E-state index is -0.817. The smallest absolute Gasteiger partial charge is 0.338 e. The number of ether oxygens (including phenoxy) is 2. The highest BCUT2D eigenvalue weighted by Crippen LogP contribution is 2.38. The summed E-state index contributed by atoms with van der Waals surface area (Å²) in [6.45, 7) is 2.55. The molecule has 5 aromatic rings. The van der Waals surface area contributed by atoms with Crippen LogP contribution in [0.15, 0.2) is 64.2 Å². The molecular weight excluding hydrogens is 616 g/mol. The van der Waals surface area contributed by atoms with Crippen LogP contribution in [-0.4, -0.2) is 71.0 Å². The van der Waals surface area contributed by atoms with Gasteiger partial charge >= 0.3 is 5.69 Å². The average Bonchev–Trinajstić information content (AvgIpc) is 3.39. The predicted octanol–water partition coefficient (Wildman–Crippen LogP) is 4.14. The molecule has 46 heavy (non-hydrogen) atoms. The standard InChI is InChI=1S/C33H33F2N5O5S/c1-20-8-13-28(37-36-20)40-31(42)29-25(17-38(2)14-15-44-3)30(22-11-9-21(10-12-22)16-23(41)19-45-4)46-32(29)39(33(40)43)18-24-26(34)6-5-7-27(24)35/h5-13H,14-19H2,1-4H3. The highest BCUT2D eigenvalue weighted by Gasteiger charge is 2.26. The van der Waals surface area contributed by atoms with Gasteiger partial charge in [0.15, 0.2) is 11.6 Å². The summed E-state index contributed by atoms with van der Waals surface area (Å²) in [5.74, 6) is -1.71. The Kier molecular flexibility index (Phi) is 10.3. The number of likely N-dealkylation sites (N-methyl/N-ethyl adjacent to an activating group) is 1. The lowest BCUT2D eigenvalue weighted by Crippen LogP contribution is -2.40. The number of hydrogen-bond donors (Lipinski definition) is 0. The molecule has 0 fully saturated rings. The molecule has 0 N–H and O–H groups in total. The van der Waals surface area contributed by atoms with Gasteiger partial charge in [-0.3, -0.25) is 19.1 Å². The van der Waals surface area contributed by atoms with Gasteiger partial charge in [-0.1, -0.05) is 30.3 Å². The van der Waals surface area contributed by atoms with E-state index in [-0.39, 0.29) is 40.4 Å². The van der Waals surface area contributed by atoms with Crippen molar-refractivity contribution in [2.24, 2.45) is 0 Å². The van der Waals surface area contributed by atoms with Gasteiger partial charge in [0, 0.05) is 44.2 Å². The number of ketones is 1. The molecule has 3 heterocycles. The molecule has 0 unspecified atom stereocenters. The number of Topliss-reactive ketones (excluding diaryl/α,β-unsaturated/α-hetero) is 1. The van der Waals surface area contributed by atoms with E-state index >= 15 is 0 Å².